The molecule has 0 aliphatic carbocycles. The van der Waals surface area contributed by atoms with Gasteiger partial charge < -0.3 is 20.1 Å². The van der Waals surface area contributed by atoms with E-state index in [1.807, 2.05) is 0 Å². The zero-order chi connectivity index (χ0) is 24.6. The second-order valence-electron chi connectivity index (χ2n) is 8.20. The molecular weight excluding hydrogens is 482 g/mol. The van der Waals surface area contributed by atoms with E-state index in [9.17, 15) is 32.3 Å². The molecule has 3 heterocycles. The van der Waals surface area contributed by atoms with Gasteiger partial charge in [0.05, 0.1) is 30.4 Å². The van der Waals surface area contributed by atoms with E-state index in [2.05, 4.69) is 10.3 Å². The SMILES string of the molecule is O=C(NC(c1cc(F)c(Cl)cc1F)C1COC1)[C@H]1C[C@@H](O)CN1C(=O)c1ccnc(C(F)F)c1. The van der Waals surface area contributed by atoms with Gasteiger partial charge in [-0.3, -0.25) is 14.6 Å². The molecule has 2 aliphatic heterocycles. The molecule has 2 saturated heterocycles. The van der Waals surface area contributed by atoms with Crippen LogP contribution in [0.1, 0.15) is 40.5 Å². The normalized spacial score (nSPS) is 21.4. The lowest BCUT2D eigenvalue weighted by Gasteiger charge is -2.36. The first kappa shape index (κ1) is 24.4. The predicted octanol–water partition coefficient (Wildman–Crippen LogP) is 3.03. The van der Waals surface area contributed by atoms with Crippen molar-refractivity contribution in [3.05, 3.63) is 63.9 Å². The number of carbonyl (C=O) groups excluding carboxylic acids is 2. The first-order chi connectivity index (χ1) is 16.2. The van der Waals surface area contributed by atoms with Crippen LogP contribution in [0.2, 0.25) is 5.02 Å². The number of aliphatic hydroxyl groups excluding tert-OH is 1. The standard InChI is InChI=1S/C22H20ClF4N3O4/c23-14-6-15(24)13(5-16(14)25)19(11-8-34-9-11)29-21(32)18-4-12(31)7-30(18)22(33)10-1-2-28-17(3-10)20(26)27/h1-3,5-6,11-12,18-20,31H,4,7-9H2,(H,29,32)/t12-,18-,19?/m1/s1. The lowest BCUT2D eigenvalue weighted by Crippen LogP contribution is -2.50. The molecule has 2 aromatic rings. The average Bonchev–Trinajstić information content (AvgIpc) is 3.16. The number of aromatic nitrogens is 1. The highest BCUT2D eigenvalue weighted by molar-refractivity contribution is 6.30. The fourth-order valence-electron chi connectivity index (χ4n) is 4.07. The second-order valence-corrected chi connectivity index (χ2v) is 8.61. The van der Waals surface area contributed by atoms with E-state index in [1.165, 1.54) is 6.07 Å². The van der Waals surface area contributed by atoms with Crippen LogP contribution in [0.25, 0.3) is 0 Å². The number of alkyl halides is 2. The number of benzene rings is 1. The van der Waals surface area contributed by atoms with Gasteiger partial charge in [0.25, 0.3) is 12.3 Å². The van der Waals surface area contributed by atoms with Crippen molar-refractivity contribution >= 4 is 23.4 Å². The summed E-state index contributed by atoms with van der Waals surface area (Å²) in [6, 6.07) is 1.73. The number of hydrogen-bond donors (Lipinski definition) is 2. The van der Waals surface area contributed by atoms with E-state index in [0.29, 0.717) is 0 Å². The van der Waals surface area contributed by atoms with E-state index in [-0.39, 0.29) is 43.2 Å². The van der Waals surface area contributed by atoms with Crippen LogP contribution in [0.15, 0.2) is 30.5 Å². The number of β-amino-alcohol motifs (C(OH)–C–C–N with tert-alkyl or cyclic N) is 1. The van der Waals surface area contributed by atoms with Gasteiger partial charge in [-0.25, -0.2) is 17.6 Å². The molecule has 2 N–H and O–H groups in total. The fourth-order valence-corrected chi connectivity index (χ4v) is 4.23. The number of carbonyl (C=O) groups is 2. The van der Waals surface area contributed by atoms with Crippen molar-refractivity contribution in [1.29, 1.82) is 0 Å². The van der Waals surface area contributed by atoms with Crippen molar-refractivity contribution < 1.29 is 37.0 Å². The van der Waals surface area contributed by atoms with Gasteiger partial charge in [0.2, 0.25) is 5.91 Å². The summed E-state index contributed by atoms with van der Waals surface area (Å²) in [5.74, 6) is -3.49. The van der Waals surface area contributed by atoms with E-state index in [4.69, 9.17) is 16.3 Å². The number of ether oxygens (including phenoxy) is 1. The van der Waals surface area contributed by atoms with E-state index in [0.717, 1.165) is 29.3 Å². The molecule has 2 amide bonds. The maximum absolute atomic E-state index is 14.6. The van der Waals surface area contributed by atoms with E-state index in [1.54, 1.807) is 0 Å². The van der Waals surface area contributed by atoms with Crippen LogP contribution >= 0.6 is 11.6 Å². The zero-order valence-corrected chi connectivity index (χ0v) is 18.3. The molecule has 1 unspecified atom stereocenters. The van der Waals surface area contributed by atoms with Crippen LogP contribution in [0.5, 0.6) is 0 Å². The summed E-state index contributed by atoms with van der Waals surface area (Å²) >= 11 is 5.64. The topological polar surface area (TPSA) is 91.8 Å². The highest BCUT2D eigenvalue weighted by Gasteiger charge is 2.42. The third kappa shape index (κ3) is 4.86. The maximum atomic E-state index is 14.6. The highest BCUT2D eigenvalue weighted by Crippen LogP contribution is 2.33. The Labute approximate surface area is 196 Å². The van der Waals surface area contributed by atoms with E-state index < -0.39 is 58.8 Å². The molecule has 1 aromatic heterocycles. The van der Waals surface area contributed by atoms with Crippen molar-refractivity contribution in [1.82, 2.24) is 15.2 Å². The predicted molar refractivity (Wildman–Crippen MR) is 111 cm³/mol. The largest absolute Gasteiger partial charge is 0.391 e. The second kappa shape index (κ2) is 9.85. The number of aliphatic hydroxyl groups is 1. The van der Waals surface area contributed by atoms with Crippen molar-refractivity contribution in [3.63, 3.8) is 0 Å². The van der Waals surface area contributed by atoms with Crippen molar-refractivity contribution in [2.45, 2.75) is 31.0 Å². The zero-order valence-electron chi connectivity index (χ0n) is 17.6. The van der Waals surface area contributed by atoms with Crippen LogP contribution < -0.4 is 5.32 Å². The number of likely N-dealkylation sites (tertiary alicyclic amines) is 1. The average molecular weight is 502 g/mol. The van der Waals surface area contributed by atoms with Crippen LogP contribution in [-0.2, 0) is 9.53 Å². The molecule has 2 fully saturated rings. The summed E-state index contributed by atoms with van der Waals surface area (Å²) in [4.78, 5) is 30.7. The summed E-state index contributed by atoms with van der Waals surface area (Å²) < 4.78 is 59.8. The lowest BCUT2D eigenvalue weighted by molar-refractivity contribution is -0.128. The quantitative estimate of drug-likeness (QED) is 0.469. The van der Waals surface area contributed by atoms with Crippen molar-refractivity contribution in [2.24, 2.45) is 5.92 Å². The molecule has 0 bridgehead atoms. The summed E-state index contributed by atoms with van der Waals surface area (Å²) in [6.07, 6.45) is -2.99. The third-order valence-corrected chi connectivity index (χ3v) is 6.19. The number of hydrogen-bond acceptors (Lipinski definition) is 5. The molecule has 4 rings (SSSR count). The summed E-state index contributed by atoms with van der Waals surface area (Å²) in [7, 11) is 0. The number of rotatable bonds is 6. The Morgan fingerprint density at radius 3 is 2.59 bits per heavy atom. The Hall–Kier alpha value is -2.76. The molecular formula is C22H20ClF4N3O4. The van der Waals surface area contributed by atoms with Crippen LogP contribution in [0.4, 0.5) is 17.6 Å². The smallest absolute Gasteiger partial charge is 0.280 e. The molecule has 2 aliphatic rings. The molecule has 0 spiro atoms. The first-order valence-corrected chi connectivity index (χ1v) is 10.8. The minimum Gasteiger partial charge on any atom is -0.391 e. The minimum absolute atomic E-state index is 0.115. The van der Waals surface area contributed by atoms with Gasteiger partial charge in [0.15, 0.2) is 0 Å². The number of nitrogens with one attached hydrogen (secondary N) is 1. The molecule has 0 radical (unpaired) electrons. The van der Waals surface area contributed by atoms with Crippen LogP contribution in [0, 0.1) is 17.6 Å². The number of pyridine rings is 1. The number of amides is 2. The summed E-state index contributed by atoms with van der Waals surface area (Å²) in [6.45, 7) is 0.181. The third-order valence-electron chi connectivity index (χ3n) is 5.90. The summed E-state index contributed by atoms with van der Waals surface area (Å²) in [5, 5.41) is 12.4. The molecule has 1 aromatic carbocycles. The Balaban J connectivity index is 1.58. The Morgan fingerprint density at radius 2 is 1.94 bits per heavy atom. The first-order valence-electron chi connectivity index (χ1n) is 10.4. The molecule has 182 valence electrons. The number of halogens is 5. The van der Waals surface area contributed by atoms with Crippen LogP contribution in [0.3, 0.4) is 0 Å². The van der Waals surface area contributed by atoms with Gasteiger partial charge in [-0.05, 0) is 24.3 Å². The Morgan fingerprint density at radius 1 is 1.21 bits per heavy atom. The number of nitrogens with zero attached hydrogens (tertiary/aromatic N) is 2. The van der Waals surface area contributed by atoms with Crippen LogP contribution in [-0.4, -0.2) is 58.7 Å². The molecule has 12 heteroatoms. The van der Waals surface area contributed by atoms with Gasteiger partial charge in [0.1, 0.15) is 23.4 Å². The molecule has 3 atom stereocenters. The molecule has 34 heavy (non-hydrogen) atoms. The fraction of sp³-hybridized carbons (Fsp3) is 0.409. The van der Waals surface area contributed by atoms with E-state index >= 15 is 0 Å². The molecule has 7 nitrogen and oxygen atoms in total. The van der Waals surface area contributed by atoms with Gasteiger partial charge in [-0.1, -0.05) is 11.6 Å². The van der Waals surface area contributed by atoms with Gasteiger partial charge in [0, 0.05) is 36.2 Å². The highest BCUT2D eigenvalue weighted by atomic mass is 35.5. The molecule has 0 saturated carbocycles. The van der Waals surface area contributed by atoms with Crippen molar-refractivity contribution in [3.8, 4) is 0 Å². The maximum Gasteiger partial charge on any atom is 0.280 e. The van der Waals surface area contributed by atoms with Gasteiger partial charge in [-0.2, -0.15) is 0 Å². The minimum atomic E-state index is -2.89. The lowest BCUT2D eigenvalue weighted by atomic mass is 9.90. The monoisotopic (exact) mass is 501 g/mol. The van der Waals surface area contributed by atoms with Crippen molar-refractivity contribution in [2.75, 3.05) is 19.8 Å². The summed E-state index contributed by atoms with van der Waals surface area (Å²) in [5.41, 5.74) is -0.848. The van der Waals surface area contributed by atoms with Gasteiger partial charge in [-0.15, -0.1) is 0 Å². The Bertz CT molecular complexity index is 1100. The Kier molecular flexibility index (Phi) is 7.06. The van der Waals surface area contributed by atoms with Gasteiger partial charge >= 0.3 is 0 Å².